The molecular formula is C25H28ClN7O. The lowest BCUT2D eigenvalue weighted by atomic mass is 9.97. The van der Waals surface area contributed by atoms with Crippen LogP contribution in [0.3, 0.4) is 0 Å². The number of carbonyl (C=O) groups excluding carboxylic acids is 1. The summed E-state index contributed by atoms with van der Waals surface area (Å²) in [4.78, 5) is 26.1. The molecule has 2 aliphatic rings. The number of hydrogen-bond donors (Lipinski definition) is 1. The fraction of sp³-hybridized carbons (Fsp3) is 0.400. The highest BCUT2D eigenvalue weighted by molar-refractivity contribution is 6.30. The van der Waals surface area contributed by atoms with Gasteiger partial charge in [-0.1, -0.05) is 23.7 Å². The third-order valence-corrected chi connectivity index (χ3v) is 6.74. The summed E-state index contributed by atoms with van der Waals surface area (Å²) in [6, 6.07) is 13.3. The van der Waals surface area contributed by atoms with E-state index in [2.05, 4.69) is 35.3 Å². The quantitative estimate of drug-likeness (QED) is 0.581. The van der Waals surface area contributed by atoms with Gasteiger partial charge in [0, 0.05) is 42.8 Å². The number of aromatic nitrogens is 4. The first-order valence-corrected chi connectivity index (χ1v) is 12.3. The molecule has 0 spiro atoms. The van der Waals surface area contributed by atoms with E-state index in [4.69, 9.17) is 11.6 Å². The van der Waals surface area contributed by atoms with Crippen LogP contribution in [0.1, 0.15) is 32.1 Å². The fourth-order valence-corrected chi connectivity index (χ4v) is 4.73. The lowest BCUT2D eigenvalue weighted by Gasteiger charge is -2.32. The number of benzene rings is 1. The molecule has 2 fully saturated rings. The van der Waals surface area contributed by atoms with Crippen LogP contribution in [0.2, 0.25) is 5.02 Å². The van der Waals surface area contributed by atoms with E-state index < -0.39 is 0 Å². The van der Waals surface area contributed by atoms with Crippen LogP contribution in [0.4, 0.5) is 17.5 Å². The summed E-state index contributed by atoms with van der Waals surface area (Å²) >= 11 is 5.97. The molecule has 2 aliphatic heterocycles. The Kier molecular flexibility index (Phi) is 6.85. The lowest BCUT2D eigenvalue weighted by molar-refractivity contribution is -0.120. The van der Waals surface area contributed by atoms with Gasteiger partial charge in [-0.25, -0.2) is 9.97 Å². The number of piperidine rings is 2. The van der Waals surface area contributed by atoms with Gasteiger partial charge in [-0.15, -0.1) is 10.2 Å². The summed E-state index contributed by atoms with van der Waals surface area (Å²) in [5, 5.41) is 12.5. The van der Waals surface area contributed by atoms with Crippen molar-refractivity contribution in [1.29, 1.82) is 0 Å². The summed E-state index contributed by atoms with van der Waals surface area (Å²) in [5.41, 5.74) is 1.76. The molecule has 2 aromatic heterocycles. The molecule has 0 saturated carbocycles. The topological polar surface area (TPSA) is 87.1 Å². The zero-order chi connectivity index (χ0) is 23.3. The summed E-state index contributed by atoms with van der Waals surface area (Å²) in [5.74, 6) is 2.07. The Bertz CT molecular complexity index is 1120. The zero-order valence-corrected chi connectivity index (χ0v) is 19.8. The molecule has 1 N–H and O–H groups in total. The summed E-state index contributed by atoms with van der Waals surface area (Å²) < 4.78 is 0. The normalized spacial score (nSPS) is 18.6. The van der Waals surface area contributed by atoms with Crippen molar-refractivity contribution >= 4 is 35.0 Å². The van der Waals surface area contributed by atoms with Gasteiger partial charge in [0.15, 0.2) is 5.82 Å². The smallest absolute Gasteiger partial charge is 0.230 e. The zero-order valence-electron chi connectivity index (χ0n) is 19.0. The first-order valence-electron chi connectivity index (χ1n) is 11.9. The van der Waals surface area contributed by atoms with Crippen LogP contribution in [0, 0.1) is 5.92 Å². The third-order valence-electron chi connectivity index (χ3n) is 6.49. The first-order chi connectivity index (χ1) is 16.7. The van der Waals surface area contributed by atoms with Crippen molar-refractivity contribution < 1.29 is 4.79 Å². The summed E-state index contributed by atoms with van der Waals surface area (Å²) in [6.45, 7) is 3.45. The summed E-state index contributed by atoms with van der Waals surface area (Å²) in [7, 11) is 0. The molecule has 2 saturated heterocycles. The molecule has 5 rings (SSSR count). The van der Waals surface area contributed by atoms with E-state index in [1.807, 2.05) is 42.5 Å². The van der Waals surface area contributed by atoms with Crippen LogP contribution in [-0.4, -0.2) is 52.3 Å². The molecule has 1 unspecified atom stereocenters. The highest BCUT2D eigenvalue weighted by atomic mass is 35.5. The predicted octanol–water partition coefficient (Wildman–Crippen LogP) is 4.43. The van der Waals surface area contributed by atoms with E-state index in [9.17, 15) is 4.79 Å². The number of amides is 1. The number of carbonyl (C=O) groups is 1. The molecule has 1 amide bonds. The van der Waals surface area contributed by atoms with Gasteiger partial charge >= 0.3 is 0 Å². The van der Waals surface area contributed by atoms with Gasteiger partial charge < -0.3 is 15.1 Å². The van der Waals surface area contributed by atoms with Gasteiger partial charge in [-0.05, 0) is 56.4 Å². The predicted molar refractivity (Wildman–Crippen MR) is 134 cm³/mol. The van der Waals surface area contributed by atoms with Gasteiger partial charge in [0.2, 0.25) is 5.91 Å². The molecule has 1 atom stereocenters. The van der Waals surface area contributed by atoms with Crippen molar-refractivity contribution in [2.75, 3.05) is 41.3 Å². The maximum absolute atomic E-state index is 13.0. The van der Waals surface area contributed by atoms with Crippen molar-refractivity contribution in [3.63, 3.8) is 0 Å². The highest BCUT2D eigenvalue weighted by Gasteiger charge is 2.27. The maximum atomic E-state index is 13.0. The van der Waals surface area contributed by atoms with Gasteiger partial charge in [-0.2, -0.15) is 0 Å². The SMILES string of the molecule is O=C(Nc1cc(N2CCCCC2)ncn1)C1CCCN(c2ccc(-c3ccc(Cl)cc3)nn2)C1. The Hall–Kier alpha value is -3.26. The monoisotopic (exact) mass is 477 g/mol. The second-order valence-electron chi connectivity index (χ2n) is 8.87. The van der Waals surface area contributed by atoms with E-state index in [0.29, 0.717) is 17.4 Å². The Morgan fingerprint density at radius 1 is 0.882 bits per heavy atom. The van der Waals surface area contributed by atoms with Gasteiger partial charge in [0.05, 0.1) is 11.6 Å². The van der Waals surface area contributed by atoms with Crippen molar-refractivity contribution in [2.24, 2.45) is 5.92 Å². The van der Waals surface area contributed by atoms with Crippen molar-refractivity contribution in [2.45, 2.75) is 32.1 Å². The number of nitrogens with one attached hydrogen (secondary N) is 1. The van der Waals surface area contributed by atoms with Crippen LogP contribution in [0.25, 0.3) is 11.3 Å². The van der Waals surface area contributed by atoms with Gasteiger partial charge in [0.25, 0.3) is 0 Å². The average Bonchev–Trinajstić information content (AvgIpc) is 2.90. The maximum Gasteiger partial charge on any atom is 0.230 e. The largest absolute Gasteiger partial charge is 0.356 e. The number of rotatable bonds is 5. The van der Waals surface area contributed by atoms with Crippen molar-refractivity contribution in [3.05, 3.63) is 53.8 Å². The lowest BCUT2D eigenvalue weighted by Crippen LogP contribution is -2.41. The molecule has 0 radical (unpaired) electrons. The molecule has 1 aromatic carbocycles. The number of halogens is 1. The van der Waals surface area contributed by atoms with E-state index >= 15 is 0 Å². The Morgan fingerprint density at radius 2 is 1.68 bits per heavy atom. The van der Waals surface area contributed by atoms with E-state index in [-0.39, 0.29) is 11.8 Å². The van der Waals surface area contributed by atoms with Crippen LogP contribution < -0.4 is 15.1 Å². The second kappa shape index (κ2) is 10.3. The minimum atomic E-state index is -0.139. The third kappa shape index (κ3) is 5.28. The van der Waals surface area contributed by atoms with E-state index in [1.54, 1.807) is 0 Å². The van der Waals surface area contributed by atoms with Crippen LogP contribution in [-0.2, 0) is 4.79 Å². The molecule has 8 nitrogen and oxygen atoms in total. The van der Waals surface area contributed by atoms with Crippen molar-refractivity contribution in [3.8, 4) is 11.3 Å². The van der Waals surface area contributed by atoms with E-state index in [0.717, 1.165) is 55.4 Å². The fourth-order valence-electron chi connectivity index (χ4n) is 4.61. The molecular weight excluding hydrogens is 450 g/mol. The molecule has 0 bridgehead atoms. The number of nitrogens with zero attached hydrogens (tertiary/aromatic N) is 6. The highest BCUT2D eigenvalue weighted by Crippen LogP contribution is 2.25. The van der Waals surface area contributed by atoms with E-state index in [1.165, 1.54) is 25.6 Å². The second-order valence-corrected chi connectivity index (χ2v) is 9.30. The standard InChI is InChI=1S/C25H28ClN7O/c26-20-8-6-18(7-9-20)21-10-11-23(31-30-21)33-14-4-5-19(16-33)25(34)29-22-15-24(28-17-27-22)32-12-2-1-3-13-32/h6-11,15,17,19H,1-5,12-14,16H2,(H,27,28,29,34). The summed E-state index contributed by atoms with van der Waals surface area (Å²) in [6.07, 6.45) is 6.90. The van der Waals surface area contributed by atoms with Gasteiger partial charge in [-0.3, -0.25) is 4.79 Å². The Labute approximate surface area is 204 Å². The van der Waals surface area contributed by atoms with Crippen molar-refractivity contribution in [1.82, 2.24) is 20.2 Å². The minimum absolute atomic E-state index is 0.0151. The average molecular weight is 478 g/mol. The van der Waals surface area contributed by atoms with Gasteiger partial charge in [0.1, 0.15) is 18.0 Å². The van der Waals surface area contributed by atoms with Crippen LogP contribution in [0.15, 0.2) is 48.8 Å². The molecule has 34 heavy (non-hydrogen) atoms. The molecule has 4 heterocycles. The van der Waals surface area contributed by atoms with Crippen LogP contribution in [0.5, 0.6) is 0 Å². The molecule has 9 heteroatoms. The molecule has 3 aromatic rings. The minimum Gasteiger partial charge on any atom is -0.356 e. The number of anilines is 3. The molecule has 0 aliphatic carbocycles. The Morgan fingerprint density at radius 3 is 2.44 bits per heavy atom. The Balaban J connectivity index is 1.22. The number of hydrogen-bond acceptors (Lipinski definition) is 7. The molecule has 176 valence electrons. The van der Waals surface area contributed by atoms with Crippen LogP contribution >= 0.6 is 11.6 Å². The first kappa shape index (κ1) is 22.5.